The van der Waals surface area contributed by atoms with E-state index in [1.54, 1.807) is 0 Å². The number of hydrogen-bond donors (Lipinski definition) is 0. The normalized spacial score (nSPS) is 14.2. The maximum Gasteiger partial charge on any atom is 0.239 e. The van der Waals surface area contributed by atoms with Gasteiger partial charge in [-0.15, -0.1) is 0 Å². The molecule has 17 aromatic rings. The molecule has 2 aliphatic rings. The summed E-state index contributed by atoms with van der Waals surface area (Å²) in [5.74, 6) is 1.63. The van der Waals surface area contributed by atoms with Gasteiger partial charge in [-0.2, -0.15) is 15.0 Å². The molecule has 0 saturated carbocycles. The minimum absolute atomic E-state index is 0.187. The van der Waals surface area contributed by atoms with Crippen molar-refractivity contribution in [3.05, 3.63) is 332 Å². The number of hydrogen-bond acceptors (Lipinski definition) is 3. The molecule has 0 bridgehead atoms. The maximum absolute atomic E-state index is 5.76. The SMILES string of the molecule is C1=CCCC(c2ccc(C3=CC=CC(c4nc(-n5c6ccccc6c6ccc(-c7ccc8c(c7)c7ccccc7n8-c7ccccc7)cc65)nc(-n5c6ccccc6c6ccc(-c7ccc8c(c7)c7ccccc7n8-c7ccccc7)cc65)n4)C3)cc2-c2ccccc2)=C1. The fourth-order valence-corrected chi connectivity index (χ4v) is 15.3. The number of rotatable bonds is 10. The van der Waals surface area contributed by atoms with Crippen LogP contribution >= 0.6 is 0 Å². The van der Waals surface area contributed by atoms with E-state index in [2.05, 4.69) is 334 Å². The molecule has 1 unspecified atom stereocenters. The molecular weight excluding hydrogens is 1140 g/mol. The molecule has 0 radical (unpaired) electrons. The van der Waals surface area contributed by atoms with Gasteiger partial charge in [0.05, 0.1) is 44.1 Å². The third-order valence-corrected chi connectivity index (χ3v) is 19.7. The van der Waals surface area contributed by atoms with Gasteiger partial charge in [-0.05, 0) is 166 Å². The second kappa shape index (κ2) is 21.8. The number of allylic oxidation sites excluding steroid dienone is 8. The van der Waals surface area contributed by atoms with Gasteiger partial charge in [0.2, 0.25) is 11.9 Å². The van der Waals surface area contributed by atoms with Crippen molar-refractivity contribution in [2.75, 3.05) is 0 Å². The van der Waals surface area contributed by atoms with Gasteiger partial charge in [-0.1, -0.05) is 225 Å². The lowest BCUT2D eigenvalue weighted by atomic mass is 9.85. The Morgan fingerprint density at radius 1 is 0.287 bits per heavy atom. The highest BCUT2D eigenvalue weighted by atomic mass is 15.3. The third-order valence-electron chi connectivity index (χ3n) is 19.7. The van der Waals surface area contributed by atoms with Crippen LogP contribution in [0.4, 0.5) is 0 Å². The summed E-state index contributed by atoms with van der Waals surface area (Å²) in [5, 5.41) is 9.33. The molecule has 0 aliphatic heterocycles. The van der Waals surface area contributed by atoms with Crippen molar-refractivity contribution in [2.24, 2.45) is 0 Å². The van der Waals surface area contributed by atoms with E-state index >= 15 is 0 Å². The number of para-hydroxylation sites is 6. The van der Waals surface area contributed by atoms with Crippen LogP contribution in [-0.4, -0.2) is 33.2 Å². The molecule has 12 aromatic carbocycles. The molecule has 5 heterocycles. The zero-order chi connectivity index (χ0) is 61.8. The van der Waals surface area contributed by atoms with Crippen LogP contribution in [0.2, 0.25) is 0 Å². The van der Waals surface area contributed by atoms with Crippen LogP contribution in [-0.2, 0) is 0 Å². The van der Waals surface area contributed by atoms with E-state index in [4.69, 9.17) is 15.0 Å². The first-order chi connectivity index (χ1) is 46.6. The smallest absolute Gasteiger partial charge is 0.239 e. The van der Waals surface area contributed by atoms with E-state index in [9.17, 15) is 0 Å². The molecule has 0 N–H and O–H groups in total. The highest BCUT2D eigenvalue weighted by Crippen LogP contribution is 2.44. The summed E-state index contributed by atoms with van der Waals surface area (Å²) in [5.41, 5.74) is 23.0. The summed E-state index contributed by atoms with van der Waals surface area (Å²) >= 11 is 0. The number of fused-ring (bicyclic) bond motifs is 12. The van der Waals surface area contributed by atoms with Crippen molar-refractivity contribution < 1.29 is 0 Å². The van der Waals surface area contributed by atoms with Crippen LogP contribution in [0, 0.1) is 0 Å². The van der Waals surface area contributed by atoms with Gasteiger partial charge in [0.25, 0.3) is 0 Å². The van der Waals surface area contributed by atoms with Gasteiger partial charge in [0.15, 0.2) is 0 Å². The van der Waals surface area contributed by atoms with Crippen LogP contribution < -0.4 is 0 Å². The highest BCUT2D eigenvalue weighted by molar-refractivity contribution is 6.14. The summed E-state index contributed by atoms with van der Waals surface area (Å²) in [6.45, 7) is 0. The summed E-state index contributed by atoms with van der Waals surface area (Å²) in [4.78, 5) is 17.2. The van der Waals surface area contributed by atoms with E-state index in [-0.39, 0.29) is 5.92 Å². The Bertz CT molecular complexity index is 5780. The molecule has 94 heavy (non-hydrogen) atoms. The van der Waals surface area contributed by atoms with Crippen molar-refractivity contribution in [3.8, 4) is 56.7 Å². The lowest BCUT2D eigenvalue weighted by molar-refractivity contribution is 0.740. The molecule has 19 rings (SSSR count). The van der Waals surface area contributed by atoms with E-state index in [1.165, 1.54) is 77.0 Å². The molecule has 5 aromatic heterocycles. The molecule has 1 atom stereocenters. The fraction of sp³-hybridized carbons (Fsp3) is 0.0460. The van der Waals surface area contributed by atoms with Crippen LogP contribution in [0.25, 0.3) is 155 Å². The summed E-state index contributed by atoms with van der Waals surface area (Å²) in [7, 11) is 0. The van der Waals surface area contributed by atoms with Crippen molar-refractivity contribution in [3.63, 3.8) is 0 Å². The average Bonchev–Trinajstić information content (AvgIpc) is 1.58. The zero-order valence-electron chi connectivity index (χ0n) is 51.4. The van der Waals surface area contributed by atoms with Crippen molar-refractivity contribution in [2.45, 2.75) is 25.2 Å². The number of aromatic nitrogens is 7. The summed E-state index contributed by atoms with van der Waals surface area (Å²) in [6, 6.07) is 102. The van der Waals surface area contributed by atoms with Crippen LogP contribution in [0.15, 0.2) is 316 Å². The molecule has 2 aliphatic carbocycles. The summed E-state index contributed by atoms with van der Waals surface area (Å²) < 4.78 is 9.32. The average molecular weight is 1200 g/mol. The van der Waals surface area contributed by atoms with Crippen molar-refractivity contribution in [1.29, 1.82) is 0 Å². The molecule has 0 saturated heterocycles. The Morgan fingerprint density at radius 2 is 0.713 bits per heavy atom. The minimum Gasteiger partial charge on any atom is -0.309 e. The van der Waals surface area contributed by atoms with Crippen LogP contribution in [0.5, 0.6) is 0 Å². The zero-order valence-corrected chi connectivity index (χ0v) is 51.4. The first kappa shape index (κ1) is 53.6. The van der Waals surface area contributed by atoms with Crippen LogP contribution in [0.3, 0.4) is 0 Å². The largest absolute Gasteiger partial charge is 0.309 e. The van der Waals surface area contributed by atoms with E-state index in [0.29, 0.717) is 24.1 Å². The first-order valence-electron chi connectivity index (χ1n) is 32.6. The third kappa shape index (κ3) is 8.69. The lowest BCUT2D eigenvalue weighted by Crippen LogP contribution is -2.15. The number of benzene rings is 12. The van der Waals surface area contributed by atoms with Gasteiger partial charge >= 0.3 is 0 Å². The van der Waals surface area contributed by atoms with E-state index in [0.717, 1.165) is 90.1 Å². The molecule has 7 heteroatoms. The molecule has 0 amide bonds. The van der Waals surface area contributed by atoms with Crippen LogP contribution in [0.1, 0.15) is 42.1 Å². The van der Waals surface area contributed by atoms with E-state index in [1.807, 2.05) is 0 Å². The van der Waals surface area contributed by atoms with Gasteiger partial charge in [0.1, 0.15) is 5.82 Å². The topological polar surface area (TPSA) is 58.4 Å². The van der Waals surface area contributed by atoms with Crippen molar-refractivity contribution in [1.82, 2.24) is 33.2 Å². The molecular formula is C87H59N7. The van der Waals surface area contributed by atoms with Gasteiger partial charge in [-0.3, -0.25) is 9.13 Å². The Balaban J connectivity index is 0.803. The van der Waals surface area contributed by atoms with Crippen molar-refractivity contribution >= 4 is 98.4 Å². The standard InChI is InChI=1S/C87H59N7/c1-5-22-56(23-6-1)67-45-40-59(51-74(67)57-24-7-2-8-25-57)58-26-21-27-64(50-58)85-88-86(93-79-38-19-13-32-68(79)72-46-41-62(54-83(72)93)60-43-48-81-75(52-60)70-34-15-17-36-77(70)91(81)65-28-9-3-10-29-65)90-87(89-85)94-80-39-20-14-33-69(80)73-47-42-63(55-84(73)94)61-44-49-82-76(53-61)71-35-16-18-37-78(71)92(82)66-30-11-4-12-31-66/h1-5,7-22,24-49,51-55,64H,6,23,50H2. The van der Waals surface area contributed by atoms with Gasteiger partial charge < -0.3 is 9.13 Å². The predicted octanol–water partition coefficient (Wildman–Crippen LogP) is 22.1. The highest BCUT2D eigenvalue weighted by Gasteiger charge is 2.27. The molecule has 7 nitrogen and oxygen atoms in total. The fourth-order valence-electron chi connectivity index (χ4n) is 15.3. The Hall–Kier alpha value is -12.2. The van der Waals surface area contributed by atoms with Gasteiger partial charge in [0, 0.05) is 60.4 Å². The molecule has 0 spiro atoms. The maximum atomic E-state index is 5.76. The Kier molecular flexibility index (Phi) is 12.4. The minimum atomic E-state index is -0.187. The number of nitrogens with zero attached hydrogens (tertiary/aromatic N) is 7. The lowest BCUT2D eigenvalue weighted by Gasteiger charge is -2.21. The first-order valence-corrected chi connectivity index (χ1v) is 32.6. The summed E-state index contributed by atoms with van der Waals surface area (Å²) in [6.07, 6.45) is 16.3. The quantitative estimate of drug-likeness (QED) is 0.137. The molecule has 442 valence electrons. The second-order valence-electron chi connectivity index (χ2n) is 25.0. The Morgan fingerprint density at radius 3 is 1.23 bits per heavy atom. The monoisotopic (exact) mass is 1200 g/mol. The van der Waals surface area contributed by atoms with E-state index < -0.39 is 0 Å². The predicted molar refractivity (Wildman–Crippen MR) is 391 cm³/mol. The second-order valence-corrected chi connectivity index (χ2v) is 25.0. The van der Waals surface area contributed by atoms with Gasteiger partial charge in [-0.25, -0.2) is 0 Å². The molecule has 0 fully saturated rings. The Labute approximate surface area is 542 Å².